The third-order valence-corrected chi connectivity index (χ3v) is 7.14. The fourth-order valence-corrected chi connectivity index (χ4v) is 5.23. The number of hydrogen-bond acceptors (Lipinski definition) is 8. The number of rotatable bonds is 7. The van der Waals surface area contributed by atoms with Crippen molar-refractivity contribution in [3.8, 4) is 0 Å². The third-order valence-electron chi connectivity index (χ3n) is 7.14. The van der Waals surface area contributed by atoms with Gasteiger partial charge in [0.25, 0.3) is 44.5 Å². The molecule has 4 heterocycles. The monoisotopic (exact) mass is 550 g/mol. The highest BCUT2D eigenvalue weighted by Crippen LogP contribution is 2.16. The highest BCUT2D eigenvalue weighted by Gasteiger charge is 2.25. The van der Waals surface area contributed by atoms with Gasteiger partial charge in [-0.2, -0.15) is 9.35 Å². The van der Waals surface area contributed by atoms with E-state index in [0.29, 0.717) is 0 Å². The number of alkyl halides is 2. The Hall–Kier alpha value is -5.14. The van der Waals surface area contributed by atoms with Crippen LogP contribution < -0.4 is 44.5 Å². The molecule has 40 heavy (non-hydrogen) atoms. The van der Waals surface area contributed by atoms with Crippen LogP contribution in [-0.4, -0.2) is 31.8 Å². The van der Waals surface area contributed by atoms with E-state index in [0.717, 1.165) is 33.4 Å². The van der Waals surface area contributed by atoms with Gasteiger partial charge in [-0.05, 0) is 37.1 Å². The second kappa shape index (κ2) is 8.69. The molecule has 0 spiro atoms. The van der Waals surface area contributed by atoms with E-state index < -0.39 is 57.8 Å². The first-order valence-corrected chi connectivity index (χ1v) is 12.1. The van der Waals surface area contributed by atoms with E-state index in [2.05, 4.69) is 0 Å². The molecule has 2 aromatic carbocycles. The molecule has 0 aliphatic carbocycles. The Balaban J connectivity index is 1.63. The fourth-order valence-electron chi connectivity index (χ4n) is 5.23. The molecule has 0 saturated heterocycles. The highest BCUT2D eigenvalue weighted by atomic mass is 19.1. The minimum Gasteiger partial charge on any atom is -0.274 e. The number of aromatic nitrogens is 4. The zero-order valence-corrected chi connectivity index (χ0v) is 20.4. The van der Waals surface area contributed by atoms with Crippen molar-refractivity contribution in [1.29, 1.82) is 0 Å². The van der Waals surface area contributed by atoms with Gasteiger partial charge in [0.05, 0.1) is 56.4 Å². The van der Waals surface area contributed by atoms with Crippen molar-refractivity contribution in [1.82, 2.24) is 18.5 Å². The summed E-state index contributed by atoms with van der Waals surface area (Å²) in [6, 6.07) is 4.10. The lowest BCUT2D eigenvalue weighted by Gasteiger charge is -1.97. The summed E-state index contributed by atoms with van der Waals surface area (Å²) in [5.41, 5.74) is -7.57. The summed E-state index contributed by atoms with van der Waals surface area (Å²) in [5, 5.41) is -2.04. The Kier molecular flexibility index (Phi) is 5.47. The van der Waals surface area contributed by atoms with Crippen molar-refractivity contribution < 1.29 is 8.78 Å². The normalized spacial score (nSPS) is 12.2. The first kappa shape index (κ1) is 25.2. The van der Waals surface area contributed by atoms with E-state index in [-0.39, 0.29) is 78.4 Å². The van der Waals surface area contributed by atoms with Gasteiger partial charge in [-0.25, -0.2) is 0 Å². The first-order chi connectivity index (χ1) is 19.1. The van der Waals surface area contributed by atoms with Crippen molar-refractivity contribution in [2.24, 2.45) is 0 Å². The molecule has 12 nitrogen and oxygen atoms in total. The molecule has 202 valence electrons. The van der Waals surface area contributed by atoms with Gasteiger partial charge in [-0.15, -0.1) is 0 Å². The predicted molar refractivity (Wildman–Crippen MR) is 142 cm³/mol. The number of nitrogens with zero attached hydrogens (tertiary/aromatic N) is 4. The lowest BCUT2D eigenvalue weighted by Crippen LogP contribution is -2.42. The van der Waals surface area contributed by atoms with Gasteiger partial charge in [0.1, 0.15) is 0 Å². The maximum Gasteiger partial charge on any atom is 0.281 e. The van der Waals surface area contributed by atoms with Crippen LogP contribution >= 0.6 is 0 Å². The molecule has 0 radical (unpaired) electrons. The Labute approximate surface area is 217 Å². The van der Waals surface area contributed by atoms with Crippen LogP contribution in [0.5, 0.6) is 0 Å². The van der Waals surface area contributed by atoms with Gasteiger partial charge in [0.15, 0.2) is 0 Å². The van der Waals surface area contributed by atoms with Crippen LogP contribution in [0, 0.1) is 0 Å². The van der Waals surface area contributed by atoms with Crippen LogP contribution in [0.25, 0.3) is 43.1 Å². The topological polar surface area (TPSA) is 156 Å². The molecule has 0 fully saturated rings. The molecule has 0 unspecified atom stereocenters. The second-order valence-electron chi connectivity index (χ2n) is 9.34. The Morgan fingerprint density at radius 3 is 0.850 bits per heavy atom. The van der Waals surface area contributed by atoms with E-state index >= 15 is 0 Å². The van der Waals surface area contributed by atoms with Crippen LogP contribution in [0.3, 0.4) is 0 Å². The minimum atomic E-state index is -1.11. The molecular weight excluding hydrogens is 534 g/mol. The molecule has 6 aromatic rings. The Morgan fingerprint density at radius 1 is 0.400 bits per heavy atom. The largest absolute Gasteiger partial charge is 0.281 e. The Bertz CT molecular complexity index is 2150. The molecule has 0 aliphatic heterocycles. The van der Waals surface area contributed by atoms with Gasteiger partial charge in [0, 0.05) is 13.1 Å². The van der Waals surface area contributed by atoms with Crippen molar-refractivity contribution in [2.45, 2.75) is 25.9 Å². The van der Waals surface area contributed by atoms with Crippen molar-refractivity contribution in [3.05, 3.63) is 107 Å². The van der Waals surface area contributed by atoms with Gasteiger partial charge >= 0.3 is 0 Å². The van der Waals surface area contributed by atoms with E-state index in [9.17, 15) is 47.1 Å². The smallest absolute Gasteiger partial charge is 0.274 e. The van der Waals surface area contributed by atoms with Crippen LogP contribution in [0.4, 0.5) is 8.78 Å². The zero-order valence-electron chi connectivity index (χ0n) is 20.4. The van der Waals surface area contributed by atoms with Gasteiger partial charge < -0.3 is 0 Å². The van der Waals surface area contributed by atoms with Crippen LogP contribution in [0.2, 0.25) is 0 Å². The molecular formula is C26H16F2N4O8. The van der Waals surface area contributed by atoms with E-state index in [1.54, 1.807) is 0 Å². The average Bonchev–Trinajstić information content (AvgIpc) is 3.52. The van der Waals surface area contributed by atoms with Gasteiger partial charge in [-0.3, -0.25) is 56.3 Å². The van der Waals surface area contributed by atoms with Crippen LogP contribution in [0.1, 0.15) is 12.8 Å². The number of fused-ring (bicyclic) bond motifs is 4. The van der Waals surface area contributed by atoms with Crippen molar-refractivity contribution >= 4 is 43.1 Å². The second-order valence-corrected chi connectivity index (χ2v) is 9.34. The predicted octanol–water partition coefficient (Wildman–Crippen LogP) is -0.831. The van der Waals surface area contributed by atoms with Gasteiger partial charge in [0.2, 0.25) is 0 Å². The zero-order chi connectivity index (χ0) is 28.6. The maximum absolute atomic E-state index is 13.3. The number of benzene rings is 2. The van der Waals surface area contributed by atoms with E-state index in [1.165, 1.54) is 0 Å². The van der Waals surface area contributed by atoms with Gasteiger partial charge in [-0.1, -0.05) is 0 Å². The quantitative estimate of drug-likeness (QED) is 0.249. The molecule has 0 amide bonds. The van der Waals surface area contributed by atoms with Crippen LogP contribution in [0.15, 0.2) is 62.6 Å². The average molecular weight is 550 g/mol. The maximum atomic E-state index is 13.3. The molecule has 14 heteroatoms. The summed E-state index contributed by atoms with van der Waals surface area (Å²) in [7, 11) is 0. The Morgan fingerprint density at radius 2 is 0.625 bits per heavy atom. The third kappa shape index (κ3) is 3.15. The molecule has 0 aliphatic rings. The van der Waals surface area contributed by atoms with Crippen molar-refractivity contribution in [2.75, 3.05) is 13.3 Å². The minimum absolute atomic E-state index is 0.0904. The summed E-state index contributed by atoms with van der Waals surface area (Å²) in [5.74, 6) is 0. The molecule has 0 N–H and O–H groups in total. The first-order valence-electron chi connectivity index (χ1n) is 12.1. The molecule has 4 aromatic heterocycles. The van der Waals surface area contributed by atoms with Crippen LogP contribution in [-0.2, 0) is 13.1 Å². The summed E-state index contributed by atoms with van der Waals surface area (Å²) in [6.45, 7) is -1.92. The van der Waals surface area contributed by atoms with E-state index in [4.69, 9.17) is 0 Å². The molecule has 6 rings (SSSR count). The molecule has 0 atom stereocenters. The van der Waals surface area contributed by atoms with Crippen molar-refractivity contribution in [3.63, 3.8) is 0 Å². The summed E-state index contributed by atoms with van der Waals surface area (Å²) >= 11 is 0. The fraction of sp³-hybridized carbons (Fsp3) is 0.231. The lowest BCUT2D eigenvalue weighted by atomic mass is 10.1. The lowest BCUT2D eigenvalue weighted by molar-refractivity contribution is 0.442. The standard InChI is InChI=1S/C26H16F2N4O8/c27-3-1-5-29-19(33)11-7-15-16(8-12(11)20(29)34)24(38)31(23(15)37)32-25(39)17-9-13-14(10-18(17)26(32)40)22(36)30(21(13)35)6-2-4-28/h7-10H,1-6H2. The summed E-state index contributed by atoms with van der Waals surface area (Å²) in [4.78, 5) is 104. The number of halogens is 2. The highest BCUT2D eigenvalue weighted by molar-refractivity contribution is 5.99. The number of hydrogen-bond donors (Lipinski definition) is 0. The summed E-state index contributed by atoms with van der Waals surface area (Å²) < 4.78 is 27.4. The summed E-state index contributed by atoms with van der Waals surface area (Å²) in [6.07, 6.45) is -0.181. The molecule has 0 bridgehead atoms. The molecule has 0 saturated carbocycles. The SMILES string of the molecule is O=c1c2cc3c(=O)n(-n4c(=O)c5cc6c(=O)n(CCCF)c(=O)c6cc5c4=O)c(=O)c3cc2c(=O)n1CCCF. The van der Waals surface area contributed by atoms with E-state index in [1.807, 2.05) is 0 Å².